The number of ether oxygens (including phenoxy) is 2. The van der Waals surface area contributed by atoms with Gasteiger partial charge in [0, 0.05) is 36.4 Å². The third-order valence-electron chi connectivity index (χ3n) is 4.21. The second-order valence-electron chi connectivity index (χ2n) is 6.20. The van der Waals surface area contributed by atoms with Crippen LogP contribution < -0.4 is 19.5 Å². The Morgan fingerprint density at radius 1 is 0.857 bits per heavy atom. The molecule has 2 N–H and O–H groups in total. The van der Waals surface area contributed by atoms with Crippen molar-refractivity contribution in [1.82, 2.24) is 4.98 Å². The van der Waals surface area contributed by atoms with Crippen molar-refractivity contribution in [3.63, 3.8) is 0 Å². The summed E-state index contributed by atoms with van der Waals surface area (Å²) in [5.74, 6) is 0.986. The summed E-state index contributed by atoms with van der Waals surface area (Å²) in [6, 6.07) is 15.5. The number of pyridine rings is 1. The number of hydrogen-bond acceptors (Lipinski definition) is 6. The van der Waals surface area contributed by atoms with Crippen molar-refractivity contribution in [2.45, 2.75) is 11.4 Å². The predicted molar refractivity (Wildman–Crippen MR) is 106 cm³/mol. The van der Waals surface area contributed by atoms with Crippen molar-refractivity contribution >= 4 is 21.4 Å². The van der Waals surface area contributed by atoms with Gasteiger partial charge in [-0.1, -0.05) is 0 Å². The molecule has 3 aromatic rings. The van der Waals surface area contributed by atoms with Crippen LogP contribution in [0.25, 0.3) is 0 Å². The summed E-state index contributed by atoms with van der Waals surface area (Å²) in [6.07, 6.45) is 3.49. The van der Waals surface area contributed by atoms with E-state index in [-0.39, 0.29) is 4.90 Å². The Morgan fingerprint density at radius 2 is 1.54 bits per heavy atom. The van der Waals surface area contributed by atoms with Crippen LogP contribution in [0.3, 0.4) is 0 Å². The highest BCUT2D eigenvalue weighted by molar-refractivity contribution is 7.92. The highest BCUT2D eigenvalue weighted by Gasteiger charge is 2.19. The van der Waals surface area contributed by atoms with E-state index in [0.717, 1.165) is 11.3 Å². The van der Waals surface area contributed by atoms with Gasteiger partial charge in [-0.3, -0.25) is 9.71 Å². The van der Waals surface area contributed by atoms with E-state index in [9.17, 15) is 8.42 Å². The lowest BCUT2D eigenvalue weighted by molar-refractivity contribution is 0.171. The quantitative estimate of drug-likeness (QED) is 0.664. The molecule has 8 heteroatoms. The van der Waals surface area contributed by atoms with Crippen LogP contribution in [0.1, 0.15) is 5.56 Å². The van der Waals surface area contributed by atoms with Crippen LogP contribution in [-0.2, 0) is 16.6 Å². The van der Waals surface area contributed by atoms with Gasteiger partial charge in [-0.05, 0) is 54.1 Å². The Morgan fingerprint density at radius 3 is 2.29 bits per heavy atom. The molecule has 0 unspecified atom stereocenters. The van der Waals surface area contributed by atoms with Crippen molar-refractivity contribution in [3.05, 3.63) is 72.6 Å². The molecule has 0 fully saturated rings. The number of fused-ring (bicyclic) bond motifs is 1. The number of nitrogens with zero attached hydrogens (tertiary/aromatic N) is 1. The molecule has 2 heterocycles. The van der Waals surface area contributed by atoms with Crippen molar-refractivity contribution in [3.8, 4) is 11.5 Å². The van der Waals surface area contributed by atoms with E-state index in [4.69, 9.17) is 9.47 Å². The molecule has 0 atom stereocenters. The Kier molecular flexibility index (Phi) is 5.03. The van der Waals surface area contributed by atoms with Crippen LogP contribution in [0.2, 0.25) is 0 Å². The Bertz CT molecular complexity index is 1050. The summed E-state index contributed by atoms with van der Waals surface area (Å²) >= 11 is 0. The SMILES string of the molecule is O=S(=O)(Nc1ccc(NCc2ccncc2)cc1)c1ccc2c(c1)OCCO2. The molecule has 0 aliphatic carbocycles. The van der Waals surface area contributed by atoms with E-state index in [2.05, 4.69) is 15.0 Å². The van der Waals surface area contributed by atoms with Crippen LogP contribution in [0, 0.1) is 0 Å². The fourth-order valence-corrected chi connectivity index (χ4v) is 3.84. The normalized spacial score (nSPS) is 13.0. The molecule has 1 aromatic heterocycles. The van der Waals surface area contributed by atoms with Gasteiger partial charge in [0.2, 0.25) is 0 Å². The van der Waals surface area contributed by atoms with E-state index in [0.29, 0.717) is 36.9 Å². The molecular weight excluding hydrogens is 378 g/mol. The maximum atomic E-state index is 12.7. The summed E-state index contributed by atoms with van der Waals surface area (Å²) in [4.78, 5) is 4.11. The van der Waals surface area contributed by atoms with Gasteiger partial charge in [-0.15, -0.1) is 0 Å². The molecule has 1 aliphatic heterocycles. The first-order valence-corrected chi connectivity index (χ1v) is 10.2. The first-order chi connectivity index (χ1) is 13.6. The predicted octanol–water partition coefficient (Wildman–Crippen LogP) is 3.27. The molecule has 0 spiro atoms. The van der Waals surface area contributed by atoms with Crippen molar-refractivity contribution in [1.29, 1.82) is 0 Å². The van der Waals surface area contributed by atoms with Crippen LogP contribution in [0.4, 0.5) is 11.4 Å². The minimum Gasteiger partial charge on any atom is -0.486 e. The molecule has 0 saturated heterocycles. The molecule has 7 nitrogen and oxygen atoms in total. The molecular formula is C20H19N3O4S. The van der Waals surface area contributed by atoms with Gasteiger partial charge in [0.15, 0.2) is 11.5 Å². The number of anilines is 2. The lowest BCUT2D eigenvalue weighted by Crippen LogP contribution is -2.17. The largest absolute Gasteiger partial charge is 0.486 e. The number of hydrogen-bond donors (Lipinski definition) is 2. The van der Waals surface area contributed by atoms with Gasteiger partial charge in [0.1, 0.15) is 13.2 Å². The minimum atomic E-state index is -3.73. The monoisotopic (exact) mass is 397 g/mol. The van der Waals surface area contributed by atoms with Crippen molar-refractivity contribution in [2.24, 2.45) is 0 Å². The number of nitrogens with one attached hydrogen (secondary N) is 2. The summed E-state index contributed by atoms with van der Waals surface area (Å²) in [5.41, 5.74) is 2.47. The molecule has 0 radical (unpaired) electrons. The molecule has 1 aliphatic rings. The molecule has 144 valence electrons. The first kappa shape index (κ1) is 18.1. The zero-order valence-electron chi connectivity index (χ0n) is 15.0. The lowest BCUT2D eigenvalue weighted by Gasteiger charge is -2.19. The Balaban J connectivity index is 1.43. The highest BCUT2D eigenvalue weighted by atomic mass is 32.2. The number of sulfonamides is 1. The van der Waals surface area contributed by atoms with Gasteiger partial charge < -0.3 is 14.8 Å². The van der Waals surface area contributed by atoms with Crippen LogP contribution in [-0.4, -0.2) is 26.6 Å². The maximum absolute atomic E-state index is 12.7. The van der Waals surface area contributed by atoms with E-state index < -0.39 is 10.0 Å². The second kappa shape index (κ2) is 7.77. The number of benzene rings is 2. The second-order valence-corrected chi connectivity index (χ2v) is 7.88. The van der Waals surface area contributed by atoms with Crippen LogP contribution >= 0.6 is 0 Å². The third kappa shape index (κ3) is 4.17. The first-order valence-electron chi connectivity index (χ1n) is 8.75. The highest BCUT2D eigenvalue weighted by Crippen LogP contribution is 2.32. The van der Waals surface area contributed by atoms with Crippen molar-refractivity contribution in [2.75, 3.05) is 23.3 Å². The van der Waals surface area contributed by atoms with Crippen LogP contribution in [0.15, 0.2) is 71.9 Å². The molecule has 4 rings (SSSR count). The van der Waals surface area contributed by atoms with Gasteiger partial charge in [-0.25, -0.2) is 8.42 Å². The minimum absolute atomic E-state index is 0.122. The van der Waals surface area contributed by atoms with E-state index >= 15 is 0 Å². The van der Waals surface area contributed by atoms with E-state index in [1.165, 1.54) is 12.1 Å². The molecule has 2 aromatic carbocycles. The lowest BCUT2D eigenvalue weighted by atomic mass is 10.2. The summed E-state index contributed by atoms with van der Waals surface area (Å²) in [7, 11) is -3.73. The smallest absolute Gasteiger partial charge is 0.262 e. The topological polar surface area (TPSA) is 89.6 Å². The zero-order chi connectivity index (χ0) is 19.4. The molecule has 0 bridgehead atoms. The average Bonchev–Trinajstić information content (AvgIpc) is 2.73. The van der Waals surface area contributed by atoms with E-state index in [1.54, 1.807) is 30.6 Å². The zero-order valence-corrected chi connectivity index (χ0v) is 15.8. The van der Waals surface area contributed by atoms with Crippen LogP contribution in [0.5, 0.6) is 11.5 Å². The average molecular weight is 397 g/mol. The Hall–Kier alpha value is -3.26. The fourth-order valence-electron chi connectivity index (χ4n) is 2.77. The number of rotatable bonds is 6. The summed E-state index contributed by atoms with van der Waals surface area (Å²) < 4.78 is 38.8. The summed E-state index contributed by atoms with van der Waals surface area (Å²) in [6.45, 7) is 1.52. The van der Waals surface area contributed by atoms with Gasteiger partial charge >= 0.3 is 0 Å². The van der Waals surface area contributed by atoms with Gasteiger partial charge in [-0.2, -0.15) is 0 Å². The van der Waals surface area contributed by atoms with Crippen molar-refractivity contribution < 1.29 is 17.9 Å². The fraction of sp³-hybridized carbons (Fsp3) is 0.150. The Labute approximate surface area is 163 Å². The number of aromatic nitrogens is 1. The maximum Gasteiger partial charge on any atom is 0.262 e. The summed E-state index contributed by atoms with van der Waals surface area (Å²) in [5, 5.41) is 3.28. The molecule has 0 amide bonds. The standard InChI is InChI=1S/C20H19N3O4S/c24-28(25,18-5-6-19-20(13-18)27-12-11-26-19)23-17-3-1-16(2-4-17)22-14-15-7-9-21-10-8-15/h1-10,13,22-23H,11-12,14H2. The third-order valence-corrected chi connectivity index (χ3v) is 5.59. The van der Waals surface area contributed by atoms with Gasteiger partial charge in [0.25, 0.3) is 10.0 Å². The molecule has 28 heavy (non-hydrogen) atoms. The molecule has 0 saturated carbocycles. The van der Waals surface area contributed by atoms with E-state index in [1.807, 2.05) is 24.3 Å². The van der Waals surface area contributed by atoms with Gasteiger partial charge in [0.05, 0.1) is 4.90 Å².